The molecule has 0 N–H and O–H groups in total. The van der Waals surface area contributed by atoms with Crippen LogP contribution in [0, 0.1) is 20.8 Å². The van der Waals surface area contributed by atoms with Gasteiger partial charge in [-0.1, -0.05) is 23.7 Å². The fourth-order valence-electron chi connectivity index (χ4n) is 2.12. The van der Waals surface area contributed by atoms with Gasteiger partial charge in [-0.15, -0.1) is 0 Å². The lowest BCUT2D eigenvalue weighted by atomic mass is 10.0. The molecule has 0 amide bonds. The number of aryl methyl sites for hydroxylation is 3. The van der Waals surface area contributed by atoms with E-state index >= 15 is 0 Å². The zero-order valence-electron chi connectivity index (χ0n) is 12.7. The fraction of sp³-hybridized carbons (Fsp3) is 0.278. The second kappa shape index (κ2) is 6.31. The highest BCUT2D eigenvalue weighted by molar-refractivity contribution is 6.30. The predicted octanol–water partition coefficient (Wildman–Crippen LogP) is 4.92. The summed E-state index contributed by atoms with van der Waals surface area (Å²) in [6.07, 6.45) is -0.535. The van der Waals surface area contributed by atoms with E-state index in [0.717, 1.165) is 11.1 Å². The molecule has 0 saturated carbocycles. The van der Waals surface area contributed by atoms with Crippen molar-refractivity contribution in [2.24, 2.45) is 0 Å². The van der Waals surface area contributed by atoms with Crippen molar-refractivity contribution >= 4 is 17.4 Å². The van der Waals surface area contributed by atoms with Crippen molar-refractivity contribution in [2.75, 3.05) is 0 Å². The Balaban J connectivity index is 2.17. The van der Waals surface area contributed by atoms with E-state index in [9.17, 15) is 4.79 Å². The lowest BCUT2D eigenvalue weighted by Gasteiger charge is -2.16. The Kier molecular flexibility index (Phi) is 4.69. The Labute approximate surface area is 130 Å². The quantitative estimate of drug-likeness (QED) is 0.750. The van der Waals surface area contributed by atoms with Gasteiger partial charge in [-0.3, -0.25) is 4.79 Å². The van der Waals surface area contributed by atoms with Gasteiger partial charge < -0.3 is 4.74 Å². The van der Waals surface area contributed by atoms with Gasteiger partial charge in [0.1, 0.15) is 5.75 Å². The highest BCUT2D eigenvalue weighted by Gasteiger charge is 2.18. The van der Waals surface area contributed by atoms with Crippen LogP contribution >= 0.6 is 11.6 Å². The molecule has 0 aliphatic heterocycles. The third-order valence-corrected chi connectivity index (χ3v) is 3.84. The van der Waals surface area contributed by atoms with E-state index < -0.39 is 6.10 Å². The Morgan fingerprint density at radius 2 is 1.71 bits per heavy atom. The SMILES string of the molecule is Cc1ccc(C(=O)C(C)Oc2ccc(Cl)cc2C)cc1C. The zero-order valence-corrected chi connectivity index (χ0v) is 13.5. The van der Waals surface area contributed by atoms with Gasteiger partial charge in [0.2, 0.25) is 5.78 Å². The molecule has 0 aliphatic rings. The van der Waals surface area contributed by atoms with Gasteiger partial charge in [-0.2, -0.15) is 0 Å². The molecule has 110 valence electrons. The summed E-state index contributed by atoms with van der Waals surface area (Å²) < 4.78 is 5.78. The van der Waals surface area contributed by atoms with Crippen LogP contribution in [-0.2, 0) is 0 Å². The van der Waals surface area contributed by atoms with Crippen LogP contribution in [0.15, 0.2) is 36.4 Å². The van der Waals surface area contributed by atoms with Crippen LogP contribution < -0.4 is 4.74 Å². The Hall–Kier alpha value is -1.80. The summed E-state index contributed by atoms with van der Waals surface area (Å²) >= 11 is 5.92. The predicted molar refractivity (Wildman–Crippen MR) is 86.5 cm³/mol. The van der Waals surface area contributed by atoms with Crippen LogP contribution in [0.25, 0.3) is 0 Å². The van der Waals surface area contributed by atoms with E-state index in [4.69, 9.17) is 16.3 Å². The maximum Gasteiger partial charge on any atom is 0.203 e. The van der Waals surface area contributed by atoms with Gasteiger partial charge in [0.05, 0.1) is 0 Å². The molecular formula is C18H19ClO2. The highest BCUT2D eigenvalue weighted by atomic mass is 35.5. The van der Waals surface area contributed by atoms with Crippen LogP contribution in [0.1, 0.15) is 34.0 Å². The summed E-state index contributed by atoms with van der Waals surface area (Å²) in [5.41, 5.74) is 3.88. The van der Waals surface area contributed by atoms with Crippen LogP contribution in [-0.4, -0.2) is 11.9 Å². The summed E-state index contributed by atoms with van der Waals surface area (Å²) in [4.78, 5) is 12.4. The molecule has 2 aromatic rings. The highest BCUT2D eigenvalue weighted by Crippen LogP contribution is 2.23. The van der Waals surface area contributed by atoms with Gasteiger partial charge in [-0.25, -0.2) is 0 Å². The zero-order chi connectivity index (χ0) is 15.6. The number of rotatable bonds is 4. The summed E-state index contributed by atoms with van der Waals surface area (Å²) in [5, 5.41) is 0.660. The maximum atomic E-state index is 12.4. The van der Waals surface area contributed by atoms with E-state index in [1.165, 1.54) is 5.56 Å². The van der Waals surface area contributed by atoms with Crippen LogP contribution in [0.5, 0.6) is 5.75 Å². The number of hydrogen-bond donors (Lipinski definition) is 0. The number of carbonyl (C=O) groups excluding carboxylic acids is 1. The van der Waals surface area contributed by atoms with Gasteiger partial charge in [0, 0.05) is 10.6 Å². The van der Waals surface area contributed by atoms with E-state index in [2.05, 4.69) is 0 Å². The first-order valence-electron chi connectivity index (χ1n) is 6.93. The smallest absolute Gasteiger partial charge is 0.203 e. The lowest BCUT2D eigenvalue weighted by Crippen LogP contribution is -2.24. The molecule has 0 heterocycles. The van der Waals surface area contributed by atoms with Crippen molar-refractivity contribution in [1.82, 2.24) is 0 Å². The minimum Gasteiger partial charge on any atom is -0.482 e. The van der Waals surface area contributed by atoms with E-state index in [-0.39, 0.29) is 5.78 Å². The molecule has 0 aromatic heterocycles. The molecule has 0 fully saturated rings. The molecular weight excluding hydrogens is 284 g/mol. The Bertz CT molecular complexity index is 677. The Morgan fingerprint density at radius 3 is 2.33 bits per heavy atom. The number of hydrogen-bond acceptors (Lipinski definition) is 2. The lowest BCUT2D eigenvalue weighted by molar-refractivity contribution is 0.0817. The number of ketones is 1. The third kappa shape index (κ3) is 3.64. The molecule has 1 unspecified atom stereocenters. The average Bonchev–Trinajstić information content (AvgIpc) is 2.44. The first kappa shape index (κ1) is 15.6. The molecule has 21 heavy (non-hydrogen) atoms. The third-order valence-electron chi connectivity index (χ3n) is 3.60. The number of carbonyl (C=O) groups is 1. The first-order valence-corrected chi connectivity index (χ1v) is 7.30. The molecule has 0 saturated heterocycles. The molecule has 0 spiro atoms. The van der Waals surface area contributed by atoms with Gasteiger partial charge >= 0.3 is 0 Å². The number of benzene rings is 2. The monoisotopic (exact) mass is 302 g/mol. The van der Waals surface area contributed by atoms with Crippen LogP contribution in [0.2, 0.25) is 5.02 Å². The Morgan fingerprint density at radius 1 is 1.00 bits per heavy atom. The molecule has 2 nitrogen and oxygen atoms in total. The maximum absolute atomic E-state index is 12.4. The van der Waals surface area contributed by atoms with Crippen LogP contribution in [0.4, 0.5) is 0 Å². The van der Waals surface area contributed by atoms with Crippen molar-refractivity contribution < 1.29 is 9.53 Å². The number of Topliss-reactive ketones (excluding diaryl/α,β-unsaturated/α-hetero) is 1. The van der Waals surface area contributed by atoms with Crippen LogP contribution in [0.3, 0.4) is 0 Å². The van der Waals surface area contributed by atoms with Crippen molar-refractivity contribution in [3.05, 3.63) is 63.7 Å². The summed E-state index contributed by atoms with van der Waals surface area (Å²) in [5.74, 6) is 0.663. The average molecular weight is 303 g/mol. The molecule has 2 aromatic carbocycles. The minimum absolute atomic E-state index is 0.0209. The van der Waals surface area contributed by atoms with Crippen molar-refractivity contribution in [2.45, 2.75) is 33.8 Å². The fourth-order valence-corrected chi connectivity index (χ4v) is 2.35. The van der Waals surface area contributed by atoms with Crippen molar-refractivity contribution in [3.63, 3.8) is 0 Å². The van der Waals surface area contributed by atoms with Gasteiger partial charge in [0.25, 0.3) is 0 Å². The van der Waals surface area contributed by atoms with Gasteiger partial charge in [-0.05, 0) is 68.7 Å². The number of halogens is 1. The second-order valence-corrected chi connectivity index (χ2v) is 5.77. The molecule has 0 bridgehead atoms. The van der Waals surface area contributed by atoms with Gasteiger partial charge in [0.15, 0.2) is 6.10 Å². The summed E-state index contributed by atoms with van der Waals surface area (Å²) in [7, 11) is 0. The molecule has 3 heteroatoms. The normalized spacial score (nSPS) is 12.0. The topological polar surface area (TPSA) is 26.3 Å². The molecule has 0 radical (unpaired) electrons. The molecule has 0 aliphatic carbocycles. The molecule has 1 atom stereocenters. The largest absolute Gasteiger partial charge is 0.482 e. The van der Waals surface area contributed by atoms with E-state index in [0.29, 0.717) is 16.3 Å². The number of ether oxygens (including phenoxy) is 1. The van der Waals surface area contributed by atoms with Crippen molar-refractivity contribution in [1.29, 1.82) is 0 Å². The van der Waals surface area contributed by atoms with E-state index in [1.54, 1.807) is 19.1 Å². The minimum atomic E-state index is -0.535. The molecule has 2 rings (SSSR count). The van der Waals surface area contributed by atoms with E-state index in [1.807, 2.05) is 45.0 Å². The second-order valence-electron chi connectivity index (χ2n) is 5.33. The first-order chi connectivity index (χ1) is 9.88. The summed E-state index contributed by atoms with van der Waals surface area (Å²) in [6.45, 7) is 7.71. The van der Waals surface area contributed by atoms with Crippen molar-refractivity contribution in [3.8, 4) is 5.75 Å². The summed E-state index contributed by atoms with van der Waals surface area (Å²) in [6, 6.07) is 11.1. The standard InChI is InChI=1S/C18H19ClO2/c1-11-5-6-15(9-12(11)2)18(20)14(4)21-17-8-7-16(19)10-13(17)3/h5-10,14H,1-4H3.